The summed E-state index contributed by atoms with van der Waals surface area (Å²) in [6, 6.07) is 7.03. The molecular formula is C15H17N3O2. The van der Waals surface area contributed by atoms with E-state index in [9.17, 15) is 9.90 Å². The highest BCUT2D eigenvalue weighted by molar-refractivity contribution is 5.91. The third kappa shape index (κ3) is 2.00. The number of rotatable bonds is 3. The molecule has 0 amide bonds. The molecule has 0 bridgehead atoms. The standard InChI is InChI=1S/C15H17N3O2/c1-2-12-11-9-16-8-7-14(11)18(17-12)13-6-4-3-5-10(13)15(19)20/h3-6,16H,2,7-9H2,1H3,(H,19,20). The number of carbonyl (C=O) groups is 1. The second-order valence-corrected chi connectivity index (χ2v) is 4.89. The first-order valence-corrected chi connectivity index (χ1v) is 6.85. The molecule has 1 aliphatic heterocycles. The number of carboxylic acids is 1. The van der Waals surface area contributed by atoms with Gasteiger partial charge in [-0.05, 0) is 18.6 Å². The van der Waals surface area contributed by atoms with E-state index < -0.39 is 5.97 Å². The number of nitrogens with zero attached hydrogens (tertiary/aromatic N) is 2. The molecule has 104 valence electrons. The van der Waals surface area contributed by atoms with Crippen molar-refractivity contribution in [1.29, 1.82) is 0 Å². The van der Waals surface area contributed by atoms with Gasteiger partial charge in [0.05, 0.1) is 22.6 Å². The van der Waals surface area contributed by atoms with Crippen LogP contribution in [-0.4, -0.2) is 27.4 Å². The number of fused-ring (bicyclic) bond motifs is 1. The third-order valence-corrected chi connectivity index (χ3v) is 3.71. The van der Waals surface area contributed by atoms with Gasteiger partial charge in [0, 0.05) is 25.1 Å². The Morgan fingerprint density at radius 3 is 3.00 bits per heavy atom. The van der Waals surface area contributed by atoms with Gasteiger partial charge >= 0.3 is 5.97 Å². The molecule has 0 atom stereocenters. The minimum atomic E-state index is -0.920. The maximum Gasteiger partial charge on any atom is 0.337 e. The number of hydrogen-bond acceptors (Lipinski definition) is 3. The molecule has 0 saturated heterocycles. The lowest BCUT2D eigenvalue weighted by molar-refractivity contribution is 0.0696. The van der Waals surface area contributed by atoms with Crippen LogP contribution in [0.25, 0.3) is 5.69 Å². The van der Waals surface area contributed by atoms with E-state index in [0.717, 1.165) is 37.3 Å². The minimum absolute atomic E-state index is 0.291. The van der Waals surface area contributed by atoms with Gasteiger partial charge < -0.3 is 10.4 Å². The van der Waals surface area contributed by atoms with Gasteiger partial charge in [-0.25, -0.2) is 9.48 Å². The molecular weight excluding hydrogens is 254 g/mol. The predicted molar refractivity (Wildman–Crippen MR) is 75.3 cm³/mol. The molecule has 1 aromatic heterocycles. The summed E-state index contributed by atoms with van der Waals surface area (Å²) < 4.78 is 1.82. The van der Waals surface area contributed by atoms with E-state index in [0.29, 0.717) is 11.3 Å². The molecule has 0 aliphatic carbocycles. The Morgan fingerprint density at radius 1 is 1.45 bits per heavy atom. The predicted octanol–water partition coefficient (Wildman–Crippen LogP) is 1.78. The molecule has 20 heavy (non-hydrogen) atoms. The molecule has 0 unspecified atom stereocenters. The van der Waals surface area contributed by atoms with Crippen LogP contribution >= 0.6 is 0 Å². The van der Waals surface area contributed by atoms with Gasteiger partial charge in [0.15, 0.2) is 0 Å². The van der Waals surface area contributed by atoms with E-state index in [4.69, 9.17) is 0 Å². The lowest BCUT2D eigenvalue weighted by Crippen LogP contribution is -2.25. The molecule has 5 heteroatoms. The highest BCUT2D eigenvalue weighted by Crippen LogP contribution is 2.24. The third-order valence-electron chi connectivity index (χ3n) is 3.71. The Hall–Kier alpha value is -2.14. The van der Waals surface area contributed by atoms with Crippen molar-refractivity contribution in [2.75, 3.05) is 6.54 Å². The number of aryl methyl sites for hydroxylation is 1. The Balaban J connectivity index is 2.20. The molecule has 2 N–H and O–H groups in total. The van der Waals surface area contributed by atoms with E-state index >= 15 is 0 Å². The van der Waals surface area contributed by atoms with Crippen LogP contribution in [0.5, 0.6) is 0 Å². The van der Waals surface area contributed by atoms with Crippen molar-refractivity contribution in [2.45, 2.75) is 26.3 Å². The Labute approximate surface area is 117 Å². The van der Waals surface area contributed by atoms with E-state index in [2.05, 4.69) is 17.3 Å². The van der Waals surface area contributed by atoms with Crippen molar-refractivity contribution in [3.63, 3.8) is 0 Å². The van der Waals surface area contributed by atoms with Gasteiger partial charge in [-0.15, -0.1) is 0 Å². The maximum absolute atomic E-state index is 11.4. The SMILES string of the molecule is CCc1nn(-c2ccccc2C(=O)O)c2c1CNCC2. The normalized spacial score (nSPS) is 14.1. The van der Waals surface area contributed by atoms with Crippen LogP contribution in [-0.2, 0) is 19.4 Å². The van der Waals surface area contributed by atoms with Crippen LogP contribution in [0.2, 0.25) is 0 Å². The van der Waals surface area contributed by atoms with Crippen molar-refractivity contribution in [3.8, 4) is 5.69 Å². The zero-order valence-electron chi connectivity index (χ0n) is 11.4. The van der Waals surface area contributed by atoms with Crippen molar-refractivity contribution < 1.29 is 9.90 Å². The molecule has 3 rings (SSSR count). The summed E-state index contributed by atoms with van der Waals surface area (Å²) in [6.07, 6.45) is 1.72. The molecule has 0 fully saturated rings. The summed E-state index contributed by atoms with van der Waals surface area (Å²) in [7, 11) is 0. The smallest absolute Gasteiger partial charge is 0.337 e. The van der Waals surface area contributed by atoms with Crippen LogP contribution < -0.4 is 5.32 Å². The molecule has 2 aromatic rings. The highest BCUT2D eigenvalue weighted by atomic mass is 16.4. The topological polar surface area (TPSA) is 67.2 Å². The zero-order valence-corrected chi connectivity index (χ0v) is 11.4. The molecule has 2 heterocycles. The van der Waals surface area contributed by atoms with Crippen molar-refractivity contribution in [1.82, 2.24) is 15.1 Å². The summed E-state index contributed by atoms with van der Waals surface area (Å²) in [4.78, 5) is 11.4. The maximum atomic E-state index is 11.4. The first-order chi connectivity index (χ1) is 9.72. The second-order valence-electron chi connectivity index (χ2n) is 4.89. The van der Waals surface area contributed by atoms with Gasteiger partial charge in [-0.1, -0.05) is 19.1 Å². The summed E-state index contributed by atoms with van der Waals surface area (Å²) in [6.45, 7) is 3.79. The number of para-hydroxylation sites is 1. The summed E-state index contributed by atoms with van der Waals surface area (Å²) in [5.74, 6) is -0.920. The summed E-state index contributed by atoms with van der Waals surface area (Å²) >= 11 is 0. The zero-order chi connectivity index (χ0) is 14.1. The molecule has 1 aliphatic rings. The van der Waals surface area contributed by atoms with E-state index in [1.165, 1.54) is 5.56 Å². The van der Waals surface area contributed by atoms with Crippen molar-refractivity contribution in [3.05, 3.63) is 46.8 Å². The second kappa shape index (κ2) is 5.09. The lowest BCUT2D eigenvalue weighted by Gasteiger charge is -2.16. The average molecular weight is 271 g/mol. The number of carboxylic acid groups (broad SMARTS) is 1. The molecule has 0 saturated carbocycles. The van der Waals surface area contributed by atoms with E-state index in [-0.39, 0.29) is 0 Å². The fraction of sp³-hybridized carbons (Fsp3) is 0.333. The Morgan fingerprint density at radius 2 is 2.25 bits per heavy atom. The van der Waals surface area contributed by atoms with Crippen LogP contribution in [0.4, 0.5) is 0 Å². The molecule has 1 aromatic carbocycles. The molecule has 0 spiro atoms. The summed E-state index contributed by atoms with van der Waals surface area (Å²) in [5.41, 5.74) is 4.34. The van der Waals surface area contributed by atoms with Gasteiger partial charge in [0.2, 0.25) is 0 Å². The fourth-order valence-corrected chi connectivity index (χ4v) is 2.74. The first-order valence-electron chi connectivity index (χ1n) is 6.85. The monoisotopic (exact) mass is 271 g/mol. The fourth-order valence-electron chi connectivity index (χ4n) is 2.74. The quantitative estimate of drug-likeness (QED) is 0.893. The Kier molecular flexibility index (Phi) is 3.28. The van der Waals surface area contributed by atoms with Crippen LogP contribution in [0.15, 0.2) is 24.3 Å². The summed E-state index contributed by atoms with van der Waals surface area (Å²) in [5, 5.41) is 17.3. The van der Waals surface area contributed by atoms with Crippen LogP contribution in [0.3, 0.4) is 0 Å². The highest BCUT2D eigenvalue weighted by Gasteiger charge is 2.22. The van der Waals surface area contributed by atoms with Crippen molar-refractivity contribution in [2.24, 2.45) is 0 Å². The van der Waals surface area contributed by atoms with Gasteiger partial charge in [0.1, 0.15) is 0 Å². The lowest BCUT2D eigenvalue weighted by atomic mass is 10.1. The first kappa shape index (κ1) is 12.9. The molecule has 5 nitrogen and oxygen atoms in total. The number of aromatic nitrogens is 2. The van der Waals surface area contributed by atoms with Gasteiger partial charge in [0.25, 0.3) is 0 Å². The van der Waals surface area contributed by atoms with Gasteiger partial charge in [-0.2, -0.15) is 5.10 Å². The number of benzene rings is 1. The van der Waals surface area contributed by atoms with Crippen LogP contribution in [0, 0.1) is 0 Å². The van der Waals surface area contributed by atoms with Crippen LogP contribution in [0.1, 0.15) is 34.2 Å². The van der Waals surface area contributed by atoms with Crippen molar-refractivity contribution >= 4 is 5.97 Å². The minimum Gasteiger partial charge on any atom is -0.478 e. The number of nitrogens with one attached hydrogen (secondary N) is 1. The van der Waals surface area contributed by atoms with E-state index in [1.54, 1.807) is 12.1 Å². The average Bonchev–Trinajstić information content (AvgIpc) is 2.86. The molecule has 0 radical (unpaired) electrons. The van der Waals surface area contributed by atoms with Gasteiger partial charge in [-0.3, -0.25) is 0 Å². The van der Waals surface area contributed by atoms with E-state index in [1.807, 2.05) is 16.8 Å². The largest absolute Gasteiger partial charge is 0.478 e. The Bertz CT molecular complexity index is 661. The number of hydrogen-bond donors (Lipinski definition) is 2. The number of aromatic carboxylic acids is 1.